The molecule has 21 heavy (non-hydrogen) atoms. The maximum Gasteiger partial charge on any atom is 0.131 e. The van der Waals surface area contributed by atoms with Gasteiger partial charge in [0, 0.05) is 41.4 Å². The van der Waals surface area contributed by atoms with Gasteiger partial charge < -0.3 is 9.64 Å². The topological polar surface area (TPSA) is 54.8 Å². The molecule has 2 saturated heterocycles. The van der Waals surface area contributed by atoms with Crippen LogP contribution in [0.5, 0.6) is 0 Å². The molecule has 3 heterocycles. The quantitative estimate of drug-likeness (QED) is 0.741. The maximum atomic E-state index is 12.3. The minimum atomic E-state index is -2.00. The van der Waals surface area contributed by atoms with Gasteiger partial charge in [0.2, 0.25) is 0 Å². The lowest BCUT2D eigenvalue weighted by Crippen LogP contribution is -2.55. The summed E-state index contributed by atoms with van der Waals surface area (Å²) in [6, 6.07) is 5.66. The van der Waals surface area contributed by atoms with Crippen LogP contribution in [-0.2, 0) is 14.5 Å². The van der Waals surface area contributed by atoms with E-state index in [1.165, 1.54) is 0 Å². The average Bonchev–Trinajstić information content (AvgIpc) is 2.51. The van der Waals surface area contributed by atoms with Crippen LogP contribution in [-0.4, -0.2) is 53.0 Å². The average molecular weight is 330 g/mol. The molecule has 0 N–H and O–H groups in total. The number of ether oxygens (including phenoxy) is 1. The number of halogens is 1. The molecule has 0 saturated carbocycles. The van der Waals surface area contributed by atoms with Crippen LogP contribution in [0, 0.1) is 0 Å². The largest absolute Gasteiger partial charge is 0.371 e. The highest BCUT2D eigenvalue weighted by atomic mass is 35.5. The molecule has 0 bridgehead atoms. The third kappa shape index (κ3) is 3.17. The SMILES string of the molecule is CN=S1(=O)CCC2(CC1)CN(c1cccc(Cl)n1)CCO2. The van der Waals surface area contributed by atoms with Crippen LogP contribution >= 0.6 is 11.6 Å². The lowest BCUT2D eigenvalue weighted by molar-refractivity contribution is -0.0615. The maximum absolute atomic E-state index is 12.3. The van der Waals surface area contributed by atoms with E-state index in [1.807, 2.05) is 12.1 Å². The Labute approximate surface area is 130 Å². The predicted molar refractivity (Wildman–Crippen MR) is 85.6 cm³/mol. The molecule has 2 fully saturated rings. The monoisotopic (exact) mass is 329 g/mol. The van der Waals surface area contributed by atoms with Gasteiger partial charge >= 0.3 is 0 Å². The molecule has 2 aliphatic rings. The molecule has 0 radical (unpaired) electrons. The van der Waals surface area contributed by atoms with Crippen molar-refractivity contribution in [3.8, 4) is 0 Å². The molecule has 1 spiro atoms. The molecule has 2 aliphatic heterocycles. The van der Waals surface area contributed by atoms with E-state index in [-0.39, 0.29) is 5.60 Å². The van der Waals surface area contributed by atoms with Crippen LogP contribution in [0.15, 0.2) is 22.6 Å². The van der Waals surface area contributed by atoms with Crippen LogP contribution in [0.2, 0.25) is 5.15 Å². The second-order valence-corrected chi connectivity index (χ2v) is 8.75. The molecule has 1 aromatic heterocycles. The summed E-state index contributed by atoms with van der Waals surface area (Å²) in [4.78, 5) is 6.59. The van der Waals surface area contributed by atoms with Crippen molar-refractivity contribution >= 4 is 27.1 Å². The van der Waals surface area contributed by atoms with E-state index in [9.17, 15) is 4.21 Å². The van der Waals surface area contributed by atoms with E-state index in [2.05, 4.69) is 14.2 Å². The smallest absolute Gasteiger partial charge is 0.131 e. The van der Waals surface area contributed by atoms with E-state index in [4.69, 9.17) is 16.3 Å². The Morgan fingerprint density at radius 3 is 2.86 bits per heavy atom. The van der Waals surface area contributed by atoms with E-state index in [0.717, 1.165) is 31.7 Å². The van der Waals surface area contributed by atoms with Crippen molar-refractivity contribution in [1.29, 1.82) is 0 Å². The Morgan fingerprint density at radius 2 is 2.19 bits per heavy atom. The summed E-state index contributed by atoms with van der Waals surface area (Å²) in [6.07, 6.45) is 1.58. The Balaban J connectivity index is 1.76. The normalized spacial score (nSPS) is 33.1. The standard InChI is InChI=1S/C14H20ClN3O2S/c1-16-21(19)9-5-14(6-10-21)11-18(7-8-20-14)13-4-2-3-12(15)17-13/h2-4H,5-11H2,1H3. The van der Waals surface area contributed by atoms with Gasteiger partial charge in [-0.1, -0.05) is 17.7 Å². The van der Waals surface area contributed by atoms with Gasteiger partial charge in [0.15, 0.2) is 0 Å². The first-order chi connectivity index (χ1) is 10.0. The molecule has 116 valence electrons. The van der Waals surface area contributed by atoms with Crippen molar-refractivity contribution in [2.75, 3.05) is 43.1 Å². The van der Waals surface area contributed by atoms with E-state index in [1.54, 1.807) is 13.1 Å². The van der Waals surface area contributed by atoms with Gasteiger partial charge in [-0.25, -0.2) is 13.6 Å². The van der Waals surface area contributed by atoms with Gasteiger partial charge in [0.1, 0.15) is 11.0 Å². The summed E-state index contributed by atoms with van der Waals surface area (Å²) in [5, 5.41) is 0.504. The molecule has 0 amide bonds. The first-order valence-corrected chi connectivity index (χ1v) is 9.39. The molecule has 5 nitrogen and oxygen atoms in total. The highest BCUT2D eigenvalue weighted by Gasteiger charge is 2.41. The third-order valence-electron chi connectivity index (χ3n) is 4.36. The first-order valence-electron chi connectivity index (χ1n) is 7.16. The van der Waals surface area contributed by atoms with E-state index in [0.29, 0.717) is 23.3 Å². The minimum Gasteiger partial charge on any atom is -0.371 e. The number of rotatable bonds is 1. The summed E-state index contributed by atoms with van der Waals surface area (Å²) < 4.78 is 22.5. The van der Waals surface area contributed by atoms with Gasteiger partial charge in [-0.15, -0.1) is 0 Å². The number of nitrogens with zero attached hydrogens (tertiary/aromatic N) is 3. The number of morpholine rings is 1. The Morgan fingerprint density at radius 1 is 1.43 bits per heavy atom. The Bertz CT molecular complexity index is 629. The third-order valence-corrected chi connectivity index (χ3v) is 6.92. The fourth-order valence-electron chi connectivity index (χ4n) is 3.02. The summed E-state index contributed by atoms with van der Waals surface area (Å²) in [7, 11) is -0.346. The lowest BCUT2D eigenvalue weighted by Gasteiger charge is -2.45. The highest BCUT2D eigenvalue weighted by Crippen LogP contribution is 2.33. The van der Waals surface area contributed by atoms with Crippen LogP contribution in [0.25, 0.3) is 0 Å². The van der Waals surface area contributed by atoms with Crippen LogP contribution in [0.4, 0.5) is 5.82 Å². The van der Waals surface area contributed by atoms with E-state index < -0.39 is 9.73 Å². The highest BCUT2D eigenvalue weighted by molar-refractivity contribution is 7.93. The van der Waals surface area contributed by atoms with Crippen molar-refractivity contribution < 1.29 is 8.95 Å². The summed E-state index contributed by atoms with van der Waals surface area (Å²) in [6.45, 7) is 2.25. The van der Waals surface area contributed by atoms with Gasteiger partial charge in [-0.05, 0) is 25.0 Å². The van der Waals surface area contributed by atoms with Gasteiger partial charge in [0.05, 0.1) is 12.2 Å². The molecule has 3 rings (SSSR count). The van der Waals surface area contributed by atoms with Crippen LogP contribution in [0.1, 0.15) is 12.8 Å². The van der Waals surface area contributed by atoms with Gasteiger partial charge in [0.25, 0.3) is 0 Å². The Hall–Kier alpha value is -0.850. The Kier molecular flexibility index (Phi) is 4.12. The molecule has 7 heteroatoms. The predicted octanol–water partition coefficient (Wildman–Crippen LogP) is 2.20. The first kappa shape index (κ1) is 15.1. The number of aromatic nitrogens is 1. The fraction of sp³-hybridized carbons (Fsp3) is 0.643. The number of hydrogen-bond acceptors (Lipinski definition) is 5. The van der Waals surface area contributed by atoms with Crippen molar-refractivity contribution in [3.63, 3.8) is 0 Å². The lowest BCUT2D eigenvalue weighted by atomic mass is 9.94. The zero-order valence-corrected chi connectivity index (χ0v) is 13.7. The molecule has 1 aromatic rings. The second kappa shape index (κ2) is 5.74. The van der Waals surface area contributed by atoms with Crippen molar-refractivity contribution in [3.05, 3.63) is 23.4 Å². The molecule has 0 aromatic carbocycles. The van der Waals surface area contributed by atoms with Crippen LogP contribution in [0.3, 0.4) is 0 Å². The fourth-order valence-corrected chi connectivity index (χ4v) is 5.13. The number of pyridine rings is 1. The number of anilines is 1. The minimum absolute atomic E-state index is 0.214. The second-order valence-electron chi connectivity index (χ2n) is 5.63. The summed E-state index contributed by atoms with van der Waals surface area (Å²) in [5.74, 6) is 2.14. The summed E-state index contributed by atoms with van der Waals surface area (Å²) in [5.41, 5.74) is -0.214. The van der Waals surface area contributed by atoms with Gasteiger partial charge in [-0.3, -0.25) is 0 Å². The van der Waals surface area contributed by atoms with E-state index >= 15 is 0 Å². The van der Waals surface area contributed by atoms with Crippen molar-refractivity contribution in [2.24, 2.45) is 4.36 Å². The molecule has 0 aliphatic carbocycles. The number of hydrogen-bond donors (Lipinski definition) is 0. The zero-order valence-electron chi connectivity index (χ0n) is 12.1. The van der Waals surface area contributed by atoms with Crippen LogP contribution < -0.4 is 4.90 Å². The molecule has 0 atom stereocenters. The zero-order chi connectivity index (χ0) is 14.9. The molecular formula is C14H20ClN3O2S. The van der Waals surface area contributed by atoms with Crippen molar-refractivity contribution in [1.82, 2.24) is 4.98 Å². The molecular weight excluding hydrogens is 310 g/mol. The van der Waals surface area contributed by atoms with Crippen molar-refractivity contribution in [2.45, 2.75) is 18.4 Å². The molecule has 0 unspecified atom stereocenters. The van der Waals surface area contributed by atoms with Gasteiger partial charge in [-0.2, -0.15) is 0 Å². The summed E-state index contributed by atoms with van der Waals surface area (Å²) >= 11 is 5.98.